The van der Waals surface area contributed by atoms with E-state index in [1.54, 1.807) is 7.05 Å². The predicted molar refractivity (Wildman–Crippen MR) is 81.8 cm³/mol. The number of amides is 1. The second-order valence-electron chi connectivity index (χ2n) is 5.09. The zero-order valence-corrected chi connectivity index (χ0v) is 12.3. The smallest absolute Gasteiger partial charge is 0.222 e. The Balaban J connectivity index is 2.77. The largest absolute Gasteiger partial charge is 0.359 e. The Morgan fingerprint density at radius 3 is 2.37 bits per heavy atom. The fraction of sp³-hybridized carbons (Fsp3) is 0.353. The van der Waals surface area contributed by atoms with Crippen LogP contribution in [0.3, 0.4) is 0 Å². The number of carbonyl (C=O) groups is 1. The van der Waals surface area contributed by atoms with E-state index in [9.17, 15) is 4.79 Å². The van der Waals surface area contributed by atoms with Crippen molar-refractivity contribution in [2.75, 3.05) is 7.05 Å². The molecule has 1 amide bonds. The van der Waals surface area contributed by atoms with Gasteiger partial charge in [-0.05, 0) is 37.0 Å². The third-order valence-electron chi connectivity index (χ3n) is 3.11. The average Bonchev–Trinajstić information content (AvgIpc) is 2.37. The van der Waals surface area contributed by atoms with E-state index in [0.717, 1.165) is 12.0 Å². The first kappa shape index (κ1) is 15.2. The van der Waals surface area contributed by atoms with Crippen LogP contribution in [-0.4, -0.2) is 13.0 Å². The van der Waals surface area contributed by atoms with E-state index >= 15 is 0 Å². The van der Waals surface area contributed by atoms with Gasteiger partial charge in [-0.2, -0.15) is 0 Å². The summed E-state index contributed by atoms with van der Waals surface area (Å²) in [6.07, 6.45) is 2.84. The fourth-order valence-corrected chi connectivity index (χ4v) is 2.05. The first-order chi connectivity index (χ1) is 8.93. The Hall–Kier alpha value is -1.83. The molecule has 0 aliphatic rings. The maximum atomic E-state index is 11.5. The Bertz CT molecular complexity index is 482. The summed E-state index contributed by atoms with van der Waals surface area (Å²) in [6.45, 7) is 9.90. The second-order valence-corrected chi connectivity index (χ2v) is 5.09. The summed E-state index contributed by atoms with van der Waals surface area (Å²) in [6, 6.07) is 8.37. The molecule has 0 heterocycles. The highest BCUT2D eigenvalue weighted by Gasteiger charge is 2.11. The van der Waals surface area contributed by atoms with Crippen LogP contribution in [0.5, 0.6) is 0 Å². The van der Waals surface area contributed by atoms with Crippen molar-refractivity contribution in [3.05, 3.63) is 53.6 Å². The van der Waals surface area contributed by atoms with E-state index in [-0.39, 0.29) is 11.8 Å². The number of hydrogen-bond acceptors (Lipinski definition) is 1. The van der Waals surface area contributed by atoms with E-state index in [1.807, 2.05) is 13.8 Å². The number of nitrogens with one attached hydrogen (secondary N) is 1. The molecule has 0 aliphatic carbocycles. The van der Waals surface area contributed by atoms with Crippen LogP contribution in [0.4, 0.5) is 0 Å². The molecule has 1 rings (SSSR count). The molecule has 0 saturated carbocycles. The molecule has 1 N–H and O–H groups in total. The van der Waals surface area contributed by atoms with Gasteiger partial charge in [-0.1, -0.05) is 49.4 Å². The van der Waals surface area contributed by atoms with Crippen molar-refractivity contribution in [2.45, 2.75) is 27.2 Å². The van der Waals surface area contributed by atoms with Gasteiger partial charge in [0.2, 0.25) is 5.91 Å². The maximum Gasteiger partial charge on any atom is 0.222 e. The Morgan fingerprint density at radius 1 is 1.32 bits per heavy atom. The van der Waals surface area contributed by atoms with Crippen molar-refractivity contribution in [3.63, 3.8) is 0 Å². The van der Waals surface area contributed by atoms with E-state index in [4.69, 9.17) is 0 Å². The van der Waals surface area contributed by atoms with Gasteiger partial charge in [-0.25, -0.2) is 0 Å². The van der Waals surface area contributed by atoms with Crippen molar-refractivity contribution >= 4 is 11.5 Å². The van der Waals surface area contributed by atoms with Crippen LogP contribution < -0.4 is 5.32 Å². The van der Waals surface area contributed by atoms with Crippen LogP contribution in [0, 0.1) is 5.92 Å². The normalized spacial score (nSPS) is 12.9. The lowest BCUT2D eigenvalue weighted by Crippen LogP contribution is -2.26. The quantitative estimate of drug-likeness (QED) is 0.802. The zero-order chi connectivity index (χ0) is 14.4. The molecule has 0 fully saturated rings. The van der Waals surface area contributed by atoms with E-state index in [1.165, 1.54) is 16.7 Å². The monoisotopic (exact) mass is 257 g/mol. The molecule has 2 heteroatoms. The first-order valence-electron chi connectivity index (χ1n) is 6.58. The molecule has 19 heavy (non-hydrogen) atoms. The lowest BCUT2D eigenvalue weighted by molar-refractivity contribution is -0.123. The fourth-order valence-electron chi connectivity index (χ4n) is 2.05. The Kier molecular flexibility index (Phi) is 5.56. The van der Waals surface area contributed by atoms with Gasteiger partial charge >= 0.3 is 0 Å². The van der Waals surface area contributed by atoms with Gasteiger partial charge in [0.25, 0.3) is 0 Å². The van der Waals surface area contributed by atoms with Crippen LogP contribution in [0.1, 0.15) is 31.9 Å². The van der Waals surface area contributed by atoms with E-state index in [0.29, 0.717) is 0 Å². The van der Waals surface area contributed by atoms with Crippen LogP contribution in [-0.2, 0) is 11.2 Å². The van der Waals surface area contributed by atoms with Gasteiger partial charge in [-0.3, -0.25) is 4.79 Å². The molecular weight excluding hydrogens is 234 g/mol. The predicted octanol–water partition coefficient (Wildman–Crippen LogP) is 3.59. The minimum atomic E-state index is 0.00269. The molecule has 1 aromatic rings. The third-order valence-corrected chi connectivity index (χ3v) is 3.11. The maximum absolute atomic E-state index is 11.5. The van der Waals surface area contributed by atoms with Gasteiger partial charge in [-0.15, -0.1) is 0 Å². The average molecular weight is 257 g/mol. The molecule has 0 aromatic heterocycles. The van der Waals surface area contributed by atoms with Crippen molar-refractivity contribution in [3.8, 4) is 0 Å². The number of allylic oxidation sites excluding steroid dienone is 3. The highest BCUT2D eigenvalue weighted by Crippen LogP contribution is 2.17. The molecule has 0 radical (unpaired) electrons. The van der Waals surface area contributed by atoms with Crippen molar-refractivity contribution < 1.29 is 4.79 Å². The second kappa shape index (κ2) is 6.93. The number of benzene rings is 1. The summed E-state index contributed by atoms with van der Waals surface area (Å²) >= 11 is 0. The number of rotatable bonds is 5. The van der Waals surface area contributed by atoms with E-state index < -0.39 is 0 Å². The van der Waals surface area contributed by atoms with Crippen LogP contribution in [0.2, 0.25) is 0 Å². The van der Waals surface area contributed by atoms with Crippen LogP contribution in [0.25, 0.3) is 5.57 Å². The van der Waals surface area contributed by atoms with Gasteiger partial charge in [0.1, 0.15) is 0 Å². The van der Waals surface area contributed by atoms with Crippen molar-refractivity contribution in [2.24, 2.45) is 5.92 Å². The molecule has 102 valence electrons. The Morgan fingerprint density at radius 2 is 1.89 bits per heavy atom. The summed E-state index contributed by atoms with van der Waals surface area (Å²) < 4.78 is 0. The van der Waals surface area contributed by atoms with Crippen LogP contribution in [0.15, 0.2) is 42.5 Å². The first-order valence-corrected chi connectivity index (χ1v) is 6.58. The number of carbonyl (C=O) groups excluding carboxylic acids is 1. The molecule has 0 saturated heterocycles. The summed E-state index contributed by atoms with van der Waals surface area (Å²) in [5, 5.41) is 2.68. The molecule has 0 spiro atoms. The van der Waals surface area contributed by atoms with Gasteiger partial charge < -0.3 is 5.32 Å². The molecule has 0 aliphatic heterocycles. The highest BCUT2D eigenvalue weighted by molar-refractivity contribution is 5.78. The summed E-state index contributed by atoms with van der Waals surface area (Å²) in [5.41, 5.74) is 4.63. The SMILES string of the molecule is C=C(C)C=C(C)c1ccc(CC(C)C(=O)NC)cc1. The minimum absolute atomic E-state index is 0.00269. The van der Waals surface area contributed by atoms with E-state index in [2.05, 4.69) is 49.2 Å². The molecule has 2 nitrogen and oxygen atoms in total. The number of hydrogen-bond donors (Lipinski definition) is 1. The zero-order valence-electron chi connectivity index (χ0n) is 12.3. The van der Waals surface area contributed by atoms with Gasteiger partial charge in [0.05, 0.1) is 0 Å². The topological polar surface area (TPSA) is 29.1 Å². The van der Waals surface area contributed by atoms with Gasteiger partial charge in [0.15, 0.2) is 0 Å². The summed E-state index contributed by atoms with van der Waals surface area (Å²) in [7, 11) is 1.67. The lowest BCUT2D eigenvalue weighted by atomic mass is 9.97. The van der Waals surface area contributed by atoms with Crippen LogP contribution >= 0.6 is 0 Å². The highest BCUT2D eigenvalue weighted by atomic mass is 16.1. The molecule has 1 unspecified atom stereocenters. The standard InChI is InChI=1S/C17H23NO/c1-12(2)10-13(3)16-8-6-15(7-9-16)11-14(4)17(19)18-5/h6-10,14H,1,11H2,2-5H3,(H,18,19). The molecule has 1 aromatic carbocycles. The summed E-state index contributed by atoms with van der Waals surface area (Å²) in [5.74, 6) is 0.0883. The lowest BCUT2D eigenvalue weighted by Gasteiger charge is -2.10. The third kappa shape index (κ3) is 4.74. The van der Waals surface area contributed by atoms with Gasteiger partial charge in [0, 0.05) is 13.0 Å². The Labute approximate surface area is 116 Å². The summed E-state index contributed by atoms with van der Waals surface area (Å²) in [4.78, 5) is 11.5. The molecule has 0 bridgehead atoms. The molecular formula is C17H23NO. The molecule has 1 atom stereocenters. The van der Waals surface area contributed by atoms with Crippen molar-refractivity contribution in [1.82, 2.24) is 5.32 Å². The van der Waals surface area contributed by atoms with Crippen molar-refractivity contribution in [1.29, 1.82) is 0 Å². The minimum Gasteiger partial charge on any atom is -0.359 e.